The van der Waals surface area contributed by atoms with Crippen LogP contribution in [0.15, 0.2) is 73.1 Å². The maximum absolute atomic E-state index is 5.20. The number of rotatable bonds is 6. The van der Waals surface area contributed by atoms with E-state index in [-0.39, 0.29) is 0 Å². The summed E-state index contributed by atoms with van der Waals surface area (Å²) in [4.78, 5) is 0. The van der Waals surface area contributed by atoms with Gasteiger partial charge in [-0.05, 0) is 60.7 Å². The van der Waals surface area contributed by atoms with Crippen LogP contribution in [0.2, 0.25) is 0 Å². The summed E-state index contributed by atoms with van der Waals surface area (Å²) in [6.45, 7) is 0.548. The monoisotopic (exact) mass is 360 g/mol. The number of nitrogens with zero attached hydrogens (tertiary/aromatic N) is 4. The van der Waals surface area contributed by atoms with Gasteiger partial charge in [0.25, 0.3) is 0 Å². The molecule has 0 saturated carbocycles. The minimum absolute atomic E-state index is 0.548. The Hall–Kier alpha value is -3.54. The SMILES string of the molecule is COc1ccc(-c2ccn(Cn3ccc(-c4ccc(OC)cc4)n3)n2)cc1. The highest BCUT2D eigenvalue weighted by atomic mass is 16.5. The zero-order valence-corrected chi connectivity index (χ0v) is 15.2. The molecule has 0 aliphatic rings. The molecule has 6 nitrogen and oxygen atoms in total. The van der Waals surface area contributed by atoms with Gasteiger partial charge in [0, 0.05) is 23.5 Å². The molecule has 2 heterocycles. The lowest BCUT2D eigenvalue weighted by atomic mass is 10.1. The summed E-state index contributed by atoms with van der Waals surface area (Å²) in [5.74, 6) is 1.67. The van der Waals surface area contributed by atoms with Gasteiger partial charge >= 0.3 is 0 Å². The fourth-order valence-electron chi connectivity index (χ4n) is 2.86. The normalized spacial score (nSPS) is 10.7. The lowest BCUT2D eigenvalue weighted by Crippen LogP contribution is -2.09. The number of aromatic nitrogens is 4. The zero-order chi connectivity index (χ0) is 18.6. The Bertz CT molecular complexity index is 933. The van der Waals surface area contributed by atoms with Crippen molar-refractivity contribution < 1.29 is 9.47 Å². The third-order valence-electron chi connectivity index (χ3n) is 4.34. The topological polar surface area (TPSA) is 54.1 Å². The summed E-state index contributed by atoms with van der Waals surface area (Å²) in [5.41, 5.74) is 3.93. The van der Waals surface area contributed by atoms with E-state index in [4.69, 9.17) is 9.47 Å². The van der Waals surface area contributed by atoms with Crippen molar-refractivity contribution in [3.05, 3.63) is 73.1 Å². The van der Waals surface area contributed by atoms with Crippen molar-refractivity contribution in [2.45, 2.75) is 6.67 Å². The number of hydrogen-bond donors (Lipinski definition) is 0. The fraction of sp³-hybridized carbons (Fsp3) is 0.143. The number of methoxy groups -OCH3 is 2. The van der Waals surface area contributed by atoms with E-state index in [1.165, 1.54) is 0 Å². The molecule has 6 heteroatoms. The molecule has 0 bridgehead atoms. The van der Waals surface area contributed by atoms with Crippen molar-refractivity contribution in [3.63, 3.8) is 0 Å². The van der Waals surface area contributed by atoms with Crippen LogP contribution in [0.4, 0.5) is 0 Å². The number of hydrogen-bond acceptors (Lipinski definition) is 4. The molecule has 0 aliphatic carbocycles. The van der Waals surface area contributed by atoms with Gasteiger partial charge in [0.2, 0.25) is 0 Å². The second kappa shape index (κ2) is 7.37. The van der Waals surface area contributed by atoms with Crippen LogP contribution in [-0.2, 0) is 6.67 Å². The largest absolute Gasteiger partial charge is 0.497 e. The maximum Gasteiger partial charge on any atom is 0.133 e. The molecule has 0 saturated heterocycles. The summed E-state index contributed by atoms with van der Waals surface area (Å²) < 4.78 is 14.1. The van der Waals surface area contributed by atoms with Gasteiger partial charge in [-0.1, -0.05) is 0 Å². The second-order valence-corrected chi connectivity index (χ2v) is 6.08. The molecule has 136 valence electrons. The van der Waals surface area contributed by atoms with Crippen LogP contribution in [-0.4, -0.2) is 33.8 Å². The highest BCUT2D eigenvalue weighted by molar-refractivity contribution is 5.60. The van der Waals surface area contributed by atoms with E-state index in [2.05, 4.69) is 10.2 Å². The molecule has 2 aromatic carbocycles. The van der Waals surface area contributed by atoms with Crippen LogP contribution in [0, 0.1) is 0 Å². The molecule has 4 rings (SSSR count). The highest BCUT2D eigenvalue weighted by Crippen LogP contribution is 2.22. The summed E-state index contributed by atoms with van der Waals surface area (Å²) in [5, 5.41) is 9.27. The average molecular weight is 360 g/mol. The van der Waals surface area contributed by atoms with E-state index in [0.29, 0.717) is 6.67 Å². The molecule has 0 radical (unpaired) electrons. The van der Waals surface area contributed by atoms with E-state index >= 15 is 0 Å². The molecular weight excluding hydrogens is 340 g/mol. The average Bonchev–Trinajstić information content (AvgIpc) is 3.38. The van der Waals surface area contributed by atoms with Crippen molar-refractivity contribution in [2.75, 3.05) is 14.2 Å². The first kappa shape index (κ1) is 16.9. The maximum atomic E-state index is 5.20. The summed E-state index contributed by atoms with van der Waals surface area (Å²) in [6.07, 6.45) is 3.91. The van der Waals surface area contributed by atoms with E-state index < -0.39 is 0 Å². The summed E-state index contributed by atoms with van der Waals surface area (Å²) >= 11 is 0. The van der Waals surface area contributed by atoms with Crippen molar-refractivity contribution in [1.82, 2.24) is 19.6 Å². The molecule has 0 spiro atoms. The predicted molar refractivity (Wildman–Crippen MR) is 104 cm³/mol. The first-order chi connectivity index (χ1) is 13.2. The summed E-state index contributed by atoms with van der Waals surface area (Å²) in [6, 6.07) is 19.7. The Morgan fingerprint density at radius 1 is 0.630 bits per heavy atom. The quantitative estimate of drug-likeness (QED) is 0.523. The third kappa shape index (κ3) is 3.69. The van der Waals surface area contributed by atoms with Gasteiger partial charge in [-0.25, -0.2) is 0 Å². The molecule has 27 heavy (non-hydrogen) atoms. The Labute approximate surface area is 157 Å². The highest BCUT2D eigenvalue weighted by Gasteiger charge is 2.06. The van der Waals surface area contributed by atoms with Crippen LogP contribution in [0.5, 0.6) is 11.5 Å². The lowest BCUT2D eigenvalue weighted by Gasteiger charge is -2.03. The van der Waals surface area contributed by atoms with Gasteiger partial charge in [0.1, 0.15) is 18.2 Å². The zero-order valence-electron chi connectivity index (χ0n) is 15.2. The fourth-order valence-corrected chi connectivity index (χ4v) is 2.86. The minimum atomic E-state index is 0.548. The summed E-state index contributed by atoms with van der Waals surface area (Å²) in [7, 11) is 3.32. The first-order valence-corrected chi connectivity index (χ1v) is 8.61. The second-order valence-electron chi connectivity index (χ2n) is 6.08. The van der Waals surface area contributed by atoms with E-state index in [1.54, 1.807) is 14.2 Å². The van der Waals surface area contributed by atoms with Gasteiger partial charge in [-0.15, -0.1) is 0 Å². The first-order valence-electron chi connectivity index (χ1n) is 8.61. The van der Waals surface area contributed by atoms with Crippen LogP contribution >= 0.6 is 0 Å². The Morgan fingerprint density at radius 3 is 1.41 bits per heavy atom. The molecule has 0 fully saturated rings. The van der Waals surface area contributed by atoms with Crippen LogP contribution in [0.3, 0.4) is 0 Å². The lowest BCUT2D eigenvalue weighted by molar-refractivity contribution is 0.415. The van der Waals surface area contributed by atoms with E-state index in [1.807, 2.05) is 82.4 Å². The molecule has 0 N–H and O–H groups in total. The molecule has 0 aliphatic heterocycles. The number of benzene rings is 2. The van der Waals surface area contributed by atoms with Crippen molar-refractivity contribution >= 4 is 0 Å². The molecular formula is C21H20N4O2. The Balaban J connectivity index is 1.48. The standard InChI is InChI=1S/C21H20N4O2/c1-26-18-7-3-16(4-8-18)20-11-13-24(22-20)15-25-14-12-21(23-25)17-5-9-19(27-2)10-6-17/h3-14H,15H2,1-2H3. The van der Waals surface area contributed by atoms with Gasteiger partial charge < -0.3 is 9.47 Å². The molecule has 2 aromatic heterocycles. The van der Waals surface area contributed by atoms with Gasteiger partial charge in [0.15, 0.2) is 0 Å². The molecule has 0 amide bonds. The van der Waals surface area contributed by atoms with Gasteiger partial charge in [-0.2, -0.15) is 10.2 Å². The van der Waals surface area contributed by atoms with Crippen LogP contribution in [0.25, 0.3) is 22.5 Å². The minimum Gasteiger partial charge on any atom is -0.497 e. The Morgan fingerprint density at radius 2 is 1.04 bits per heavy atom. The van der Waals surface area contributed by atoms with Gasteiger partial charge in [0.05, 0.1) is 25.6 Å². The molecule has 4 aromatic rings. The molecule has 0 unspecified atom stereocenters. The van der Waals surface area contributed by atoms with E-state index in [9.17, 15) is 0 Å². The van der Waals surface area contributed by atoms with Crippen molar-refractivity contribution in [1.29, 1.82) is 0 Å². The van der Waals surface area contributed by atoms with Crippen LogP contribution in [0.1, 0.15) is 0 Å². The third-order valence-corrected chi connectivity index (χ3v) is 4.34. The van der Waals surface area contributed by atoms with Crippen molar-refractivity contribution in [2.24, 2.45) is 0 Å². The molecule has 0 atom stereocenters. The van der Waals surface area contributed by atoms with E-state index in [0.717, 1.165) is 34.0 Å². The smallest absolute Gasteiger partial charge is 0.133 e. The number of ether oxygens (including phenoxy) is 2. The Kier molecular flexibility index (Phi) is 4.61. The van der Waals surface area contributed by atoms with Crippen LogP contribution < -0.4 is 9.47 Å². The predicted octanol–water partition coefficient (Wildman–Crippen LogP) is 3.94. The van der Waals surface area contributed by atoms with Gasteiger partial charge in [-0.3, -0.25) is 9.36 Å². The van der Waals surface area contributed by atoms with Crippen molar-refractivity contribution in [3.8, 4) is 34.0 Å².